The smallest absolute Gasteiger partial charge is 0.283 e. The summed E-state index contributed by atoms with van der Waals surface area (Å²) in [5.41, 5.74) is 2.94. The van der Waals surface area contributed by atoms with E-state index >= 15 is 0 Å². The Morgan fingerprint density at radius 3 is 2.64 bits per heavy atom. The third kappa shape index (κ3) is 2.03. The van der Waals surface area contributed by atoms with Gasteiger partial charge in [-0.1, -0.05) is 0 Å². The van der Waals surface area contributed by atoms with Crippen LogP contribution in [0, 0.1) is 0 Å². The average molecular weight is 320 g/mol. The molecule has 3 aromatic heterocycles. The average Bonchev–Trinajstić information content (AvgIpc) is 3.11. The Labute approximate surface area is 125 Å². The second kappa shape index (κ2) is 4.51. The highest BCUT2D eigenvalue weighted by molar-refractivity contribution is 7.16. The van der Waals surface area contributed by atoms with Crippen LogP contribution in [0.3, 0.4) is 0 Å². The molecule has 0 saturated heterocycles. The molecule has 0 unspecified atom stereocenters. The number of fused-ring (bicyclic) bond motifs is 2. The predicted molar refractivity (Wildman–Crippen MR) is 77.0 cm³/mol. The van der Waals surface area contributed by atoms with E-state index < -0.39 is 11.9 Å². The number of nitrogens with zero attached hydrogens (tertiary/aromatic N) is 4. The molecular weight excluding hydrogens is 313 g/mol. The van der Waals surface area contributed by atoms with Gasteiger partial charge in [0.25, 0.3) is 0 Å². The number of alkyl halides is 3. The van der Waals surface area contributed by atoms with Crippen LogP contribution in [-0.2, 0) is 6.18 Å². The lowest BCUT2D eigenvalue weighted by atomic mass is 10.3. The summed E-state index contributed by atoms with van der Waals surface area (Å²) in [6.07, 6.45) is -3.01. The molecule has 4 aromatic rings. The Kier molecular flexibility index (Phi) is 2.70. The largest absolute Gasteiger partial charge is 0.433 e. The van der Waals surface area contributed by atoms with Crippen molar-refractivity contribution in [3.05, 3.63) is 47.9 Å². The van der Waals surface area contributed by atoms with Crippen molar-refractivity contribution >= 4 is 32.7 Å². The zero-order chi connectivity index (χ0) is 15.3. The number of thiazole rings is 1. The molecule has 0 N–H and O–H groups in total. The highest BCUT2D eigenvalue weighted by Gasteiger charge is 2.33. The van der Waals surface area contributed by atoms with Crippen LogP contribution in [0.1, 0.15) is 5.69 Å². The molecule has 0 aliphatic heterocycles. The van der Waals surface area contributed by atoms with Crippen molar-refractivity contribution in [1.82, 2.24) is 19.5 Å². The van der Waals surface area contributed by atoms with Crippen molar-refractivity contribution in [1.29, 1.82) is 0 Å². The van der Waals surface area contributed by atoms with Crippen LogP contribution < -0.4 is 0 Å². The van der Waals surface area contributed by atoms with Crippen molar-refractivity contribution in [3.63, 3.8) is 0 Å². The van der Waals surface area contributed by atoms with Crippen molar-refractivity contribution in [2.75, 3.05) is 0 Å². The molecule has 8 heteroatoms. The monoisotopic (exact) mass is 320 g/mol. The van der Waals surface area contributed by atoms with Gasteiger partial charge in [-0.15, -0.1) is 11.3 Å². The van der Waals surface area contributed by atoms with E-state index in [1.165, 1.54) is 23.7 Å². The van der Waals surface area contributed by atoms with Gasteiger partial charge in [-0.05, 0) is 30.3 Å². The van der Waals surface area contributed by atoms with Crippen LogP contribution >= 0.6 is 11.3 Å². The summed E-state index contributed by atoms with van der Waals surface area (Å²) >= 11 is 1.47. The highest BCUT2D eigenvalue weighted by atomic mass is 32.1. The molecule has 3 heterocycles. The van der Waals surface area contributed by atoms with Crippen molar-refractivity contribution in [3.8, 4) is 5.69 Å². The van der Waals surface area contributed by atoms with Crippen LogP contribution in [0.5, 0.6) is 0 Å². The molecule has 0 fully saturated rings. The van der Waals surface area contributed by atoms with Gasteiger partial charge in [-0.2, -0.15) is 13.2 Å². The molecule has 110 valence electrons. The van der Waals surface area contributed by atoms with Crippen LogP contribution in [0.2, 0.25) is 0 Å². The number of halogens is 3. The van der Waals surface area contributed by atoms with Crippen LogP contribution in [0.4, 0.5) is 13.2 Å². The fourth-order valence-electron chi connectivity index (χ4n) is 2.23. The molecule has 0 aliphatic rings. The molecule has 4 rings (SSSR count). The van der Waals surface area contributed by atoms with Gasteiger partial charge in [-0.25, -0.2) is 15.0 Å². The third-order valence-corrected chi connectivity index (χ3v) is 4.07. The molecule has 22 heavy (non-hydrogen) atoms. The first-order valence-electron chi connectivity index (χ1n) is 6.27. The third-order valence-electron chi connectivity index (χ3n) is 3.28. The van der Waals surface area contributed by atoms with Gasteiger partial charge in [0.05, 0.1) is 21.4 Å². The maximum absolute atomic E-state index is 12.8. The van der Waals surface area contributed by atoms with Crippen LogP contribution in [0.15, 0.2) is 42.2 Å². The molecule has 0 bridgehead atoms. The van der Waals surface area contributed by atoms with Crippen molar-refractivity contribution in [2.45, 2.75) is 6.18 Å². The molecule has 0 saturated carbocycles. The summed E-state index contributed by atoms with van der Waals surface area (Å²) in [6, 6.07) is 7.72. The number of benzene rings is 1. The summed E-state index contributed by atoms with van der Waals surface area (Å²) in [7, 11) is 0. The highest BCUT2D eigenvalue weighted by Crippen LogP contribution is 2.30. The summed E-state index contributed by atoms with van der Waals surface area (Å²) in [4.78, 5) is 12.0. The molecule has 0 spiro atoms. The van der Waals surface area contributed by atoms with E-state index in [-0.39, 0.29) is 5.65 Å². The molecule has 0 atom stereocenters. The topological polar surface area (TPSA) is 43.6 Å². The van der Waals surface area contributed by atoms with Gasteiger partial charge in [0.2, 0.25) is 0 Å². The predicted octanol–water partition coefficient (Wildman–Crippen LogP) is 4.05. The Bertz CT molecular complexity index is 987. The maximum Gasteiger partial charge on any atom is 0.433 e. The van der Waals surface area contributed by atoms with Gasteiger partial charge >= 0.3 is 6.18 Å². The van der Waals surface area contributed by atoms with E-state index in [1.807, 2.05) is 12.1 Å². The van der Waals surface area contributed by atoms with Crippen LogP contribution in [-0.4, -0.2) is 19.5 Å². The Balaban J connectivity index is 1.93. The molecule has 0 aliphatic carbocycles. The fourth-order valence-corrected chi connectivity index (χ4v) is 2.94. The van der Waals surface area contributed by atoms with Gasteiger partial charge < -0.3 is 0 Å². The van der Waals surface area contributed by atoms with Gasteiger partial charge in [0.15, 0.2) is 5.65 Å². The number of imidazole rings is 1. The molecule has 0 amide bonds. The number of pyridine rings is 1. The van der Waals surface area contributed by atoms with E-state index in [0.717, 1.165) is 16.3 Å². The molecular formula is C14H7F3N4S. The first kappa shape index (κ1) is 13.2. The number of rotatable bonds is 1. The molecule has 4 nitrogen and oxygen atoms in total. The minimum absolute atomic E-state index is 0.179. The van der Waals surface area contributed by atoms with E-state index in [9.17, 15) is 13.2 Å². The number of hydrogen-bond acceptors (Lipinski definition) is 4. The van der Waals surface area contributed by atoms with Crippen molar-refractivity contribution < 1.29 is 13.2 Å². The Morgan fingerprint density at radius 2 is 1.82 bits per heavy atom. The lowest BCUT2D eigenvalue weighted by molar-refractivity contribution is -0.141. The van der Waals surface area contributed by atoms with E-state index in [2.05, 4.69) is 15.0 Å². The molecule has 0 radical (unpaired) electrons. The van der Waals surface area contributed by atoms with Gasteiger partial charge in [0, 0.05) is 0 Å². The zero-order valence-electron chi connectivity index (χ0n) is 10.9. The van der Waals surface area contributed by atoms with Gasteiger partial charge in [-0.3, -0.25) is 4.57 Å². The quantitative estimate of drug-likeness (QED) is 0.531. The second-order valence-corrected chi connectivity index (χ2v) is 5.54. The summed E-state index contributed by atoms with van der Waals surface area (Å²) < 4.78 is 41.0. The first-order chi connectivity index (χ1) is 10.5. The summed E-state index contributed by atoms with van der Waals surface area (Å²) in [6.45, 7) is 0. The van der Waals surface area contributed by atoms with Crippen LogP contribution in [0.25, 0.3) is 27.1 Å². The standard InChI is InChI=1S/C14H7F3N4S/c15-14(16,17)12-4-3-10-13(20-12)21(6-18-10)8-1-2-9-11(5-8)22-7-19-9/h1-7H. The summed E-state index contributed by atoms with van der Waals surface area (Å²) in [5.74, 6) is 0. The zero-order valence-corrected chi connectivity index (χ0v) is 11.7. The first-order valence-corrected chi connectivity index (χ1v) is 7.15. The van der Waals surface area contributed by atoms with E-state index in [0.29, 0.717) is 11.2 Å². The number of aromatic nitrogens is 4. The maximum atomic E-state index is 12.8. The number of hydrogen-bond donors (Lipinski definition) is 0. The van der Waals surface area contributed by atoms with E-state index in [1.54, 1.807) is 16.1 Å². The Hall–Kier alpha value is -2.48. The lowest BCUT2D eigenvalue weighted by Gasteiger charge is -2.07. The minimum atomic E-state index is -4.48. The summed E-state index contributed by atoms with van der Waals surface area (Å²) in [5, 5.41) is 0. The second-order valence-electron chi connectivity index (χ2n) is 4.66. The SMILES string of the molecule is FC(F)(F)c1ccc2ncn(-c3ccc4ncsc4c3)c2n1. The van der Waals surface area contributed by atoms with E-state index in [4.69, 9.17) is 0 Å². The Morgan fingerprint density at radius 1 is 1.00 bits per heavy atom. The lowest BCUT2D eigenvalue weighted by Crippen LogP contribution is -2.08. The van der Waals surface area contributed by atoms with Crippen molar-refractivity contribution in [2.24, 2.45) is 0 Å². The van der Waals surface area contributed by atoms with Gasteiger partial charge in [0.1, 0.15) is 17.5 Å². The normalized spacial score (nSPS) is 12.3. The molecule has 1 aromatic carbocycles. The fraction of sp³-hybridized carbons (Fsp3) is 0.0714. The minimum Gasteiger partial charge on any atom is -0.283 e.